The summed E-state index contributed by atoms with van der Waals surface area (Å²) in [6.07, 6.45) is 1.11. The lowest BCUT2D eigenvalue weighted by Crippen LogP contribution is -2.43. The zero-order chi connectivity index (χ0) is 26.1. The first-order valence-corrected chi connectivity index (χ1v) is 12.5. The van der Waals surface area contributed by atoms with Crippen LogP contribution in [0.5, 0.6) is 0 Å². The van der Waals surface area contributed by atoms with E-state index >= 15 is 0 Å². The van der Waals surface area contributed by atoms with Crippen LogP contribution >= 0.6 is 0 Å². The summed E-state index contributed by atoms with van der Waals surface area (Å²) < 4.78 is 7.46. The molecule has 1 aliphatic carbocycles. The fraction of sp³-hybridized carbons (Fsp3) is 0.129. The van der Waals surface area contributed by atoms with Gasteiger partial charge in [-0.1, -0.05) is 84.9 Å². The lowest BCUT2D eigenvalue weighted by Gasteiger charge is -2.18. The lowest BCUT2D eigenvalue weighted by molar-refractivity contribution is -0.139. The van der Waals surface area contributed by atoms with Crippen molar-refractivity contribution in [2.75, 3.05) is 6.61 Å². The van der Waals surface area contributed by atoms with Crippen molar-refractivity contribution < 1.29 is 19.4 Å². The minimum Gasteiger partial charge on any atom is -0.480 e. The van der Waals surface area contributed by atoms with Crippen LogP contribution in [0.4, 0.5) is 4.79 Å². The molecule has 2 heterocycles. The standard InChI is InChI=1S/C31H25N3O4/c35-30(36)26(18-27-29(20-10-2-1-3-11-20)33-28-16-8-9-17-34(27)28)32-31(37)38-19-25-23-14-6-4-12-21(23)22-13-5-7-15-24(22)25/h1-17,25-26H,18-19H2,(H,32,37)(H,35,36). The zero-order valence-corrected chi connectivity index (χ0v) is 20.5. The number of aromatic nitrogens is 2. The SMILES string of the molecule is O=C(NC(Cc1c(-c2ccccc2)nc2ccccn12)C(=O)O)OCC1c2ccccc2-c2ccccc21. The number of nitrogens with zero attached hydrogens (tertiary/aromatic N) is 2. The molecule has 0 spiro atoms. The Hall–Kier alpha value is -4.91. The molecule has 1 aliphatic rings. The average molecular weight is 504 g/mol. The van der Waals surface area contributed by atoms with E-state index in [4.69, 9.17) is 9.72 Å². The molecule has 0 saturated heterocycles. The maximum Gasteiger partial charge on any atom is 0.407 e. The fourth-order valence-electron chi connectivity index (χ4n) is 5.24. The molecule has 38 heavy (non-hydrogen) atoms. The van der Waals surface area contributed by atoms with E-state index in [0.29, 0.717) is 17.0 Å². The molecule has 5 aromatic rings. The number of rotatable bonds is 7. The summed E-state index contributed by atoms with van der Waals surface area (Å²) in [6.45, 7) is 0.108. The molecule has 0 aliphatic heterocycles. The number of amides is 1. The number of hydrogen-bond acceptors (Lipinski definition) is 4. The Kier molecular flexibility index (Phi) is 6.09. The number of carbonyl (C=O) groups excluding carboxylic acids is 1. The molecule has 0 bridgehead atoms. The van der Waals surface area contributed by atoms with E-state index in [2.05, 4.69) is 17.4 Å². The second kappa shape index (κ2) is 9.86. The Bertz CT molecular complexity index is 1600. The Morgan fingerprint density at radius 3 is 2.18 bits per heavy atom. The molecular formula is C31H25N3O4. The van der Waals surface area contributed by atoms with Gasteiger partial charge in [0.1, 0.15) is 18.3 Å². The van der Waals surface area contributed by atoms with Crippen LogP contribution in [0.25, 0.3) is 28.0 Å². The first kappa shape index (κ1) is 23.5. The van der Waals surface area contributed by atoms with Gasteiger partial charge in [-0.25, -0.2) is 14.6 Å². The molecular weight excluding hydrogens is 478 g/mol. The smallest absolute Gasteiger partial charge is 0.407 e. The number of fused-ring (bicyclic) bond motifs is 4. The maximum absolute atomic E-state index is 12.9. The minimum atomic E-state index is -1.20. The van der Waals surface area contributed by atoms with Crippen LogP contribution in [0, 0.1) is 0 Å². The van der Waals surface area contributed by atoms with E-state index in [1.807, 2.05) is 95.5 Å². The first-order chi connectivity index (χ1) is 18.6. The third-order valence-corrected chi connectivity index (χ3v) is 7.01. The number of alkyl carbamates (subject to hydrolysis) is 1. The van der Waals surface area contributed by atoms with Crippen molar-refractivity contribution in [3.63, 3.8) is 0 Å². The topological polar surface area (TPSA) is 92.9 Å². The molecule has 2 aromatic heterocycles. The van der Waals surface area contributed by atoms with Crippen molar-refractivity contribution in [2.24, 2.45) is 0 Å². The van der Waals surface area contributed by atoms with Gasteiger partial charge in [-0.15, -0.1) is 0 Å². The third-order valence-electron chi connectivity index (χ3n) is 7.01. The number of carboxylic acid groups (broad SMARTS) is 1. The minimum absolute atomic E-state index is 0.0366. The van der Waals surface area contributed by atoms with E-state index in [9.17, 15) is 14.7 Å². The molecule has 7 heteroatoms. The van der Waals surface area contributed by atoms with Gasteiger partial charge in [0.15, 0.2) is 0 Å². The van der Waals surface area contributed by atoms with Crippen LogP contribution in [0.3, 0.4) is 0 Å². The van der Waals surface area contributed by atoms with Crippen LogP contribution in [0.1, 0.15) is 22.7 Å². The van der Waals surface area contributed by atoms with Gasteiger partial charge >= 0.3 is 12.1 Å². The molecule has 3 aromatic carbocycles. The number of carboxylic acids is 1. The number of imidazole rings is 1. The number of hydrogen-bond donors (Lipinski definition) is 2. The Labute approximate surface area is 219 Å². The number of ether oxygens (including phenoxy) is 1. The highest BCUT2D eigenvalue weighted by molar-refractivity contribution is 5.82. The number of pyridine rings is 1. The summed E-state index contributed by atoms with van der Waals surface area (Å²) in [5.74, 6) is -1.26. The van der Waals surface area contributed by atoms with E-state index in [0.717, 1.165) is 27.8 Å². The van der Waals surface area contributed by atoms with Crippen LogP contribution in [-0.2, 0) is 16.0 Å². The Morgan fingerprint density at radius 2 is 1.50 bits per heavy atom. The van der Waals surface area contributed by atoms with Gasteiger partial charge in [-0.05, 0) is 34.4 Å². The van der Waals surface area contributed by atoms with Gasteiger partial charge < -0.3 is 19.6 Å². The van der Waals surface area contributed by atoms with Crippen molar-refractivity contribution in [3.05, 3.63) is 120 Å². The number of benzene rings is 3. The van der Waals surface area contributed by atoms with Gasteiger partial charge in [0.25, 0.3) is 0 Å². The highest BCUT2D eigenvalue weighted by Gasteiger charge is 2.30. The van der Waals surface area contributed by atoms with Gasteiger partial charge in [0, 0.05) is 24.1 Å². The van der Waals surface area contributed by atoms with Gasteiger partial charge in [-0.2, -0.15) is 0 Å². The summed E-state index contributed by atoms with van der Waals surface area (Å²) >= 11 is 0. The molecule has 1 amide bonds. The lowest BCUT2D eigenvalue weighted by atomic mass is 9.98. The Balaban J connectivity index is 1.22. The second-order valence-electron chi connectivity index (χ2n) is 9.27. The van der Waals surface area contributed by atoms with E-state index < -0.39 is 18.1 Å². The van der Waals surface area contributed by atoms with Crippen LogP contribution < -0.4 is 5.32 Å². The molecule has 188 valence electrons. The number of nitrogens with one attached hydrogen (secondary N) is 1. The van der Waals surface area contributed by atoms with Crippen LogP contribution in [-0.4, -0.2) is 39.2 Å². The van der Waals surface area contributed by atoms with Crippen molar-refractivity contribution in [2.45, 2.75) is 18.4 Å². The molecule has 1 unspecified atom stereocenters. The summed E-state index contributed by atoms with van der Waals surface area (Å²) in [4.78, 5) is 29.8. The number of carbonyl (C=O) groups is 2. The molecule has 7 nitrogen and oxygen atoms in total. The predicted molar refractivity (Wildman–Crippen MR) is 144 cm³/mol. The summed E-state index contributed by atoms with van der Waals surface area (Å²) in [6, 6.07) is 30.1. The molecule has 2 N–H and O–H groups in total. The predicted octanol–water partition coefficient (Wildman–Crippen LogP) is 5.54. The van der Waals surface area contributed by atoms with Crippen molar-refractivity contribution in [1.82, 2.24) is 14.7 Å². The van der Waals surface area contributed by atoms with Crippen molar-refractivity contribution in [3.8, 4) is 22.4 Å². The maximum atomic E-state index is 12.9. The van der Waals surface area contributed by atoms with Crippen LogP contribution in [0.2, 0.25) is 0 Å². The van der Waals surface area contributed by atoms with Crippen molar-refractivity contribution in [1.29, 1.82) is 0 Å². The summed E-state index contributed by atoms with van der Waals surface area (Å²) in [7, 11) is 0. The van der Waals surface area contributed by atoms with Gasteiger partial charge in [0.05, 0.1) is 11.4 Å². The summed E-state index contributed by atoms with van der Waals surface area (Å²) in [5, 5.41) is 12.6. The third kappa shape index (κ3) is 4.28. The fourth-order valence-corrected chi connectivity index (χ4v) is 5.24. The summed E-state index contributed by atoms with van der Waals surface area (Å²) in [5.41, 5.74) is 7.38. The quantitative estimate of drug-likeness (QED) is 0.304. The first-order valence-electron chi connectivity index (χ1n) is 12.5. The molecule has 0 fully saturated rings. The monoisotopic (exact) mass is 503 g/mol. The van der Waals surface area contributed by atoms with E-state index in [1.54, 1.807) is 0 Å². The highest BCUT2D eigenvalue weighted by Crippen LogP contribution is 2.44. The highest BCUT2D eigenvalue weighted by atomic mass is 16.5. The Morgan fingerprint density at radius 1 is 0.868 bits per heavy atom. The van der Waals surface area contributed by atoms with E-state index in [-0.39, 0.29) is 18.9 Å². The van der Waals surface area contributed by atoms with Gasteiger partial charge in [0.2, 0.25) is 0 Å². The molecule has 0 radical (unpaired) electrons. The second-order valence-corrected chi connectivity index (χ2v) is 9.27. The average Bonchev–Trinajstić information content (AvgIpc) is 3.48. The normalized spacial score (nSPS) is 13.1. The van der Waals surface area contributed by atoms with Gasteiger partial charge in [-0.3, -0.25) is 0 Å². The molecule has 0 saturated carbocycles. The molecule has 6 rings (SSSR count). The largest absolute Gasteiger partial charge is 0.480 e. The van der Waals surface area contributed by atoms with E-state index in [1.165, 1.54) is 0 Å². The number of aliphatic carboxylic acids is 1. The van der Waals surface area contributed by atoms with Crippen molar-refractivity contribution >= 4 is 17.7 Å². The van der Waals surface area contributed by atoms with Crippen LogP contribution in [0.15, 0.2) is 103 Å². The molecule has 1 atom stereocenters. The zero-order valence-electron chi connectivity index (χ0n) is 20.5.